The first-order chi connectivity index (χ1) is 14.2. The molecule has 0 aliphatic carbocycles. The average Bonchev–Trinajstić information content (AvgIpc) is 3.09. The minimum Gasteiger partial charge on any atom is -0.507 e. The molecule has 3 aromatic heterocycles. The van der Waals surface area contributed by atoms with E-state index < -0.39 is 0 Å². The van der Waals surface area contributed by atoms with Crippen molar-refractivity contribution in [3.05, 3.63) is 36.5 Å². The van der Waals surface area contributed by atoms with Crippen LogP contribution in [0.4, 0.5) is 0 Å². The fourth-order valence-electron chi connectivity index (χ4n) is 4.95. The van der Waals surface area contributed by atoms with Gasteiger partial charge in [-0.25, -0.2) is 4.68 Å². The number of benzene rings is 1. The molecule has 1 saturated heterocycles. The van der Waals surface area contributed by atoms with Gasteiger partial charge in [-0.15, -0.1) is 15.3 Å². The van der Waals surface area contributed by atoms with Gasteiger partial charge >= 0.3 is 0 Å². The summed E-state index contributed by atoms with van der Waals surface area (Å²) < 4.78 is 1.90. The number of piperidine rings is 1. The van der Waals surface area contributed by atoms with Gasteiger partial charge in [0.2, 0.25) is 5.65 Å². The SMILES string of the molecule is CC1(C)CC(n2nnc3cc(-c4c(O)ccc5cccnc45)nnc32)CC(C)(C)N1. The third-order valence-corrected chi connectivity index (χ3v) is 5.74. The average molecular weight is 403 g/mol. The van der Waals surface area contributed by atoms with Gasteiger partial charge < -0.3 is 10.4 Å². The fourth-order valence-corrected chi connectivity index (χ4v) is 4.95. The van der Waals surface area contributed by atoms with Crippen LogP contribution in [0.15, 0.2) is 36.5 Å². The Hall–Kier alpha value is -3.13. The fraction of sp³-hybridized carbons (Fsp3) is 0.409. The predicted molar refractivity (Wildman–Crippen MR) is 115 cm³/mol. The van der Waals surface area contributed by atoms with Crippen molar-refractivity contribution in [1.29, 1.82) is 0 Å². The molecule has 2 N–H and O–H groups in total. The number of pyridine rings is 1. The van der Waals surface area contributed by atoms with Crippen LogP contribution in [0.1, 0.15) is 46.6 Å². The van der Waals surface area contributed by atoms with Crippen molar-refractivity contribution in [1.82, 2.24) is 35.5 Å². The van der Waals surface area contributed by atoms with E-state index >= 15 is 0 Å². The smallest absolute Gasteiger partial charge is 0.201 e. The molecule has 1 fully saturated rings. The number of nitrogens with zero attached hydrogens (tertiary/aromatic N) is 6. The lowest BCUT2D eigenvalue weighted by Crippen LogP contribution is -2.58. The van der Waals surface area contributed by atoms with Gasteiger partial charge in [-0.05, 0) is 64.8 Å². The minimum absolute atomic E-state index is 0.0154. The summed E-state index contributed by atoms with van der Waals surface area (Å²) in [6.45, 7) is 8.83. The van der Waals surface area contributed by atoms with Crippen LogP contribution in [0.2, 0.25) is 0 Å². The van der Waals surface area contributed by atoms with Crippen LogP contribution in [-0.2, 0) is 0 Å². The zero-order chi connectivity index (χ0) is 21.1. The van der Waals surface area contributed by atoms with Crippen molar-refractivity contribution < 1.29 is 5.11 Å². The first kappa shape index (κ1) is 18.9. The lowest BCUT2D eigenvalue weighted by atomic mass is 9.80. The van der Waals surface area contributed by atoms with E-state index in [-0.39, 0.29) is 22.9 Å². The quantitative estimate of drug-likeness (QED) is 0.527. The molecule has 154 valence electrons. The molecule has 0 amide bonds. The highest BCUT2D eigenvalue weighted by atomic mass is 16.3. The highest BCUT2D eigenvalue weighted by Crippen LogP contribution is 2.38. The monoisotopic (exact) mass is 403 g/mol. The first-order valence-corrected chi connectivity index (χ1v) is 10.2. The molecule has 5 rings (SSSR count). The number of phenols is 1. The maximum Gasteiger partial charge on any atom is 0.201 e. The van der Waals surface area contributed by atoms with Crippen LogP contribution in [-0.4, -0.2) is 46.4 Å². The maximum atomic E-state index is 10.5. The normalized spacial score (nSPS) is 18.8. The Morgan fingerprint density at radius 1 is 1.03 bits per heavy atom. The molecule has 1 aliphatic heterocycles. The number of fused-ring (bicyclic) bond motifs is 2. The van der Waals surface area contributed by atoms with Crippen LogP contribution in [0.25, 0.3) is 33.3 Å². The zero-order valence-electron chi connectivity index (χ0n) is 17.6. The van der Waals surface area contributed by atoms with Crippen molar-refractivity contribution in [3.8, 4) is 17.0 Å². The molecular weight excluding hydrogens is 378 g/mol. The molecule has 0 radical (unpaired) electrons. The second kappa shape index (κ2) is 6.43. The third-order valence-electron chi connectivity index (χ3n) is 5.74. The molecule has 8 heteroatoms. The molecule has 0 saturated carbocycles. The van der Waals surface area contributed by atoms with Gasteiger partial charge in [0, 0.05) is 22.7 Å². The lowest BCUT2D eigenvalue weighted by Gasteiger charge is -2.46. The van der Waals surface area contributed by atoms with Gasteiger partial charge in [0.15, 0.2) is 0 Å². The highest BCUT2D eigenvalue weighted by Gasteiger charge is 2.39. The summed E-state index contributed by atoms with van der Waals surface area (Å²) in [7, 11) is 0. The van der Waals surface area contributed by atoms with Crippen molar-refractivity contribution in [3.63, 3.8) is 0 Å². The standard InChI is InChI=1S/C22H25N7O/c1-21(2)11-14(12-22(3,4)27-21)29-20-16(25-28-29)10-15(24-26-20)18-17(30)8-7-13-6-5-9-23-19(13)18/h5-10,14,27,30H,11-12H2,1-4H3. The number of hydrogen-bond donors (Lipinski definition) is 2. The second-order valence-electron chi connectivity index (χ2n) is 9.46. The number of rotatable bonds is 2. The molecule has 0 unspecified atom stereocenters. The molecule has 0 spiro atoms. The number of phenolic OH excluding ortho intramolecular Hbond substituents is 1. The minimum atomic E-state index is -0.0154. The molecule has 1 aromatic carbocycles. The van der Waals surface area contributed by atoms with E-state index in [2.05, 4.69) is 58.5 Å². The van der Waals surface area contributed by atoms with Gasteiger partial charge in [-0.1, -0.05) is 11.3 Å². The van der Waals surface area contributed by atoms with Crippen LogP contribution >= 0.6 is 0 Å². The Morgan fingerprint density at radius 3 is 2.57 bits per heavy atom. The number of aromatic nitrogens is 6. The summed E-state index contributed by atoms with van der Waals surface area (Å²) in [6.07, 6.45) is 3.55. The Kier molecular flexibility index (Phi) is 4.05. The summed E-state index contributed by atoms with van der Waals surface area (Å²) >= 11 is 0. The molecule has 4 heterocycles. The molecule has 4 aromatic rings. The van der Waals surface area contributed by atoms with Crippen LogP contribution < -0.4 is 5.32 Å². The summed E-state index contributed by atoms with van der Waals surface area (Å²) in [6, 6.07) is 9.31. The largest absolute Gasteiger partial charge is 0.507 e. The summed E-state index contributed by atoms with van der Waals surface area (Å²) in [5.74, 6) is 0.115. The van der Waals surface area contributed by atoms with E-state index in [1.807, 2.05) is 28.9 Å². The Morgan fingerprint density at radius 2 is 1.80 bits per heavy atom. The van der Waals surface area contributed by atoms with Gasteiger partial charge in [0.05, 0.1) is 17.1 Å². The first-order valence-electron chi connectivity index (χ1n) is 10.2. The van der Waals surface area contributed by atoms with E-state index in [0.29, 0.717) is 27.9 Å². The molecule has 8 nitrogen and oxygen atoms in total. The predicted octanol–water partition coefficient (Wildman–Crippen LogP) is 3.62. The Bertz CT molecular complexity index is 1250. The van der Waals surface area contributed by atoms with Crippen LogP contribution in [0, 0.1) is 0 Å². The zero-order valence-corrected chi connectivity index (χ0v) is 17.6. The number of nitrogens with one attached hydrogen (secondary N) is 1. The Balaban J connectivity index is 1.60. The van der Waals surface area contributed by atoms with E-state index in [9.17, 15) is 5.11 Å². The van der Waals surface area contributed by atoms with Gasteiger partial charge in [-0.2, -0.15) is 0 Å². The van der Waals surface area contributed by atoms with Gasteiger partial charge in [0.25, 0.3) is 0 Å². The number of hydrogen-bond acceptors (Lipinski definition) is 7. The summed E-state index contributed by atoms with van der Waals surface area (Å²) in [5.41, 5.74) is 3.05. The Labute approximate surface area is 174 Å². The summed E-state index contributed by atoms with van der Waals surface area (Å²) in [5, 5.41) is 32.8. The van der Waals surface area contributed by atoms with Gasteiger partial charge in [-0.3, -0.25) is 4.98 Å². The molecule has 0 atom stereocenters. The van der Waals surface area contributed by atoms with Crippen molar-refractivity contribution in [2.24, 2.45) is 0 Å². The molecule has 0 bridgehead atoms. The molecule has 1 aliphatic rings. The van der Waals surface area contributed by atoms with Crippen molar-refractivity contribution >= 4 is 22.1 Å². The number of aromatic hydroxyl groups is 1. The van der Waals surface area contributed by atoms with E-state index in [4.69, 9.17) is 0 Å². The van der Waals surface area contributed by atoms with Gasteiger partial charge in [0.1, 0.15) is 17.0 Å². The highest BCUT2D eigenvalue weighted by molar-refractivity contribution is 5.96. The maximum absolute atomic E-state index is 10.5. The third kappa shape index (κ3) is 3.17. The van der Waals surface area contributed by atoms with Crippen molar-refractivity contribution in [2.45, 2.75) is 57.7 Å². The van der Waals surface area contributed by atoms with E-state index in [1.165, 1.54) is 0 Å². The van der Waals surface area contributed by atoms with Crippen molar-refractivity contribution in [2.75, 3.05) is 0 Å². The van der Waals surface area contributed by atoms with Crippen LogP contribution in [0.3, 0.4) is 0 Å². The lowest BCUT2D eigenvalue weighted by molar-refractivity contribution is 0.127. The summed E-state index contributed by atoms with van der Waals surface area (Å²) in [4.78, 5) is 4.43. The topological polar surface area (TPSA) is 102 Å². The van der Waals surface area contributed by atoms with Crippen LogP contribution in [0.5, 0.6) is 5.75 Å². The molecular formula is C22H25N7O. The second-order valence-corrected chi connectivity index (χ2v) is 9.46. The van der Waals surface area contributed by atoms with E-state index in [1.54, 1.807) is 12.3 Å². The molecule has 30 heavy (non-hydrogen) atoms. The van der Waals surface area contributed by atoms with E-state index in [0.717, 1.165) is 18.2 Å².